The third-order valence-electron chi connectivity index (χ3n) is 2.79. The SMILES string of the molecule is CNc1cccc(Nc2ccc(Br)c(Cl)c2Cl)c1[N+](=O)[O-]. The van der Waals surface area contributed by atoms with Gasteiger partial charge in [0.25, 0.3) is 0 Å². The fraction of sp³-hybridized carbons (Fsp3) is 0.0769. The Morgan fingerprint density at radius 2 is 1.76 bits per heavy atom. The summed E-state index contributed by atoms with van der Waals surface area (Å²) in [5, 5.41) is 17.6. The van der Waals surface area contributed by atoms with Gasteiger partial charge in [0.1, 0.15) is 11.4 Å². The summed E-state index contributed by atoms with van der Waals surface area (Å²) in [5.74, 6) is 0. The molecular formula is C13H10BrCl2N3O2. The molecule has 0 spiro atoms. The molecular weight excluding hydrogens is 381 g/mol. The zero-order valence-corrected chi connectivity index (χ0v) is 13.9. The second kappa shape index (κ2) is 6.51. The van der Waals surface area contributed by atoms with E-state index >= 15 is 0 Å². The van der Waals surface area contributed by atoms with Crippen LogP contribution in [0.3, 0.4) is 0 Å². The van der Waals surface area contributed by atoms with Gasteiger partial charge < -0.3 is 10.6 Å². The minimum Gasteiger partial charge on any atom is -0.382 e. The van der Waals surface area contributed by atoms with Crippen LogP contribution < -0.4 is 10.6 Å². The van der Waals surface area contributed by atoms with Crippen molar-refractivity contribution in [3.63, 3.8) is 0 Å². The zero-order chi connectivity index (χ0) is 15.6. The van der Waals surface area contributed by atoms with E-state index in [-0.39, 0.29) is 10.7 Å². The van der Waals surface area contributed by atoms with Gasteiger partial charge in [-0.1, -0.05) is 29.3 Å². The van der Waals surface area contributed by atoms with Crippen molar-refractivity contribution in [1.82, 2.24) is 0 Å². The third kappa shape index (κ3) is 3.23. The van der Waals surface area contributed by atoms with E-state index in [0.29, 0.717) is 26.6 Å². The molecule has 110 valence electrons. The molecule has 0 heterocycles. The van der Waals surface area contributed by atoms with Gasteiger partial charge in [0.2, 0.25) is 0 Å². The molecule has 0 aliphatic carbocycles. The largest absolute Gasteiger partial charge is 0.382 e. The van der Waals surface area contributed by atoms with Crippen LogP contribution >= 0.6 is 39.1 Å². The van der Waals surface area contributed by atoms with Crippen molar-refractivity contribution in [1.29, 1.82) is 0 Å². The summed E-state index contributed by atoms with van der Waals surface area (Å²) in [6.07, 6.45) is 0. The summed E-state index contributed by atoms with van der Waals surface area (Å²) in [6.45, 7) is 0. The molecule has 0 saturated carbocycles. The molecule has 0 unspecified atom stereocenters. The lowest BCUT2D eigenvalue weighted by Gasteiger charge is -2.12. The number of anilines is 3. The molecule has 21 heavy (non-hydrogen) atoms. The fourth-order valence-corrected chi connectivity index (χ4v) is 2.63. The van der Waals surface area contributed by atoms with Crippen LogP contribution in [0.5, 0.6) is 0 Å². The monoisotopic (exact) mass is 389 g/mol. The number of benzene rings is 2. The molecule has 0 atom stereocenters. The number of hydrogen-bond acceptors (Lipinski definition) is 4. The van der Waals surface area contributed by atoms with Crippen molar-refractivity contribution in [2.75, 3.05) is 17.7 Å². The van der Waals surface area contributed by atoms with Crippen LogP contribution in [0, 0.1) is 10.1 Å². The molecule has 0 bridgehead atoms. The van der Waals surface area contributed by atoms with E-state index in [1.54, 1.807) is 37.4 Å². The smallest absolute Gasteiger partial charge is 0.315 e. The molecule has 2 rings (SSSR count). The highest BCUT2D eigenvalue weighted by molar-refractivity contribution is 9.10. The number of halogens is 3. The van der Waals surface area contributed by atoms with Gasteiger partial charge >= 0.3 is 5.69 Å². The standard InChI is InChI=1S/C13H10BrCl2N3O2/c1-17-9-3-2-4-10(13(9)19(20)21)18-8-6-5-7(14)11(15)12(8)16/h2-6,17-18H,1H3. The van der Waals surface area contributed by atoms with Crippen LogP contribution in [0.25, 0.3) is 0 Å². The summed E-state index contributed by atoms with van der Waals surface area (Å²) in [7, 11) is 1.62. The van der Waals surface area contributed by atoms with E-state index in [1.165, 1.54) is 0 Å². The minimum atomic E-state index is -0.456. The number of nitrogens with one attached hydrogen (secondary N) is 2. The first-order valence-corrected chi connectivity index (χ1v) is 7.36. The summed E-state index contributed by atoms with van der Waals surface area (Å²) in [6, 6.07) is 8.33. The Bertz CT molecular complexity index is 710. The fourth-order valence-electron chi connectivity index (χ4n) is 1.81. The van der Waals surface area contributed by atoms with E-state index in [1.807, 2.05) is 0 Å². The molecule has 2 aromatic rings. The van der Waals surface area contributed by atoms with Crippen molar-refractivity contribution < 1.29 is 4.92 Å². The molecule has 8 heteroatoms. The second-order valence-electron chi connectivity index (χ2n) is 4.06. The Kier molecular flexibility index (Phi) is 4.92. The number of para-hydroxylation sites is 1. The number of nitro benzene ring substituents is 1. The quantitative estimate of drug-likeness (QED) is 0.413. The Balaban J connectivity index is 2.50. The molecule has 0 saturated heterocycles. The predicted octanol–water partition coefficient (Wildman–Crippen LogP) is 5.45. The molecule has 0 radical (unpaired) electrons. The van der Waals surface area contributed by atoms with Gasteiger partial charge in [0.05, 0.1) is 20.7 Å². The average Bonchev–Trinajstić information content (AvgIpc) is 2.47. The Morgan fingerprint density at radius 1 is 1.10 bits per heavy atom. The van der Waals surface area contributed by atoms with Crippen LogP contribution in [-0.4, -0.2) is 12.0 Å². The van der Waals surface area contributed by atoms with Gasteiger partial charge in [0.15, 0.2) is 0 Å². The van der Waals surface area contributed by atoms with Crippen molar-refractivity contribution in [3.8, 4) is 0 Å². The molecule has 0 aromatic heterocycles. The molecule has 0 amide bonds. The van der Waals surface area contributed by atoms with Crippen molar-refractivity contribution >= 4 is 61.9 Å². The first kappa shape index (κ1) is 15.9. The Morgan fingerprint density at radius 3 is 2.38 bits per heavy atom. The first-order chi connectivity index (χ1) is 9.95. The summed E-state index contributed by atoms with van der Waals surface area (Å²) < 4.78 is 0.651. The highest BCUT2D eigenvalue weighted by Crippen LogP contribution is 2.40. The van der Waals surface area contributed by atoms with Crippen LogP contribution in [-0.2, 0) is 0 Å². The average molecular weight is 391 g/mol. The molecule has 2 N–H and O–H groups in total. The molecule has 0 aliphatic heterocycles. The lowest BCUT2D eigenvalue weighted by atomic mass is 10.2. The lowest BCUT2D eigenvalue weighted by molar-refractivity contribution is -0.383. The van der Waals surface area contributed by atoms with Gasteiger partial charge in [-0.25, -0.2) is 0 Å². The van der Waals surface area contributed by atoms with Crippen LogP contribution in [0.15, 0.2) is 34.8 Å². The summed E-state index contributed by atoms with van der Waals surface area (Å²) in [4.78, 5) is 10.8. The van der Waals surface area contributed by atoms with Crippen LogP contribution in [0.1, 0.15) is 0 Å². The second-order valence-corrected chi connectivity index (χ2v) is 5.67. The van der Waals surface area contributed by atoms with E-state index in [4.69, 9.17) is 23.2 Å². The van der Waals surface area contributed by atoms with Crippen molar-refractivity contribution in [2.45, 2.75) is 0 Å². The van der Waals surface area contributed by atoms with E-state index in [2.05, 4.69) is 26.6 Å². The summed E-state index contributed by atoms with van der Waals surface area (Å²) in [5.41, 5.74) is 1.16. The van der Waals surface area contributed by atoms with E-state index in [0.717, 1.165) is 0 Å². The number of nitrogens with zero attached hydrogens (tertiary/aromatic N) is 1. The highest BCUT2D eigenvalue weighted by Gasteiger charge is 2.20. The van der Waals surface area contributed by atoms with Gasteiger partial charge in [-0.2, -0.15) is 0 Å². The highest BCUT2D eigenvalue weighted by atomic mass is 79.9. The zero-order valence-electron chi connectivity index (χ0n) is 10.8. The number of rotatable bonds is 4. The maximum Gasteiger partial charge on any atom is 0.315 e. The van der Waals surface area contributed by atoms with Crippen molar-refractivity contribution in [3.05, 3.63) is 55.0 Å². The maximum absolute atomic E-state index is 11.3. The molecule has 0 fully saturated rings. The minimum absolute atomic E-state index is 0.0601. The summed E-state index contributed by atoms with van der Waals surface area (Å²) >= 11 is 15.5. The first-order valence-electron chi connectivity index (χ1n) is 5.81. The number of nitro groups is 1. The predicted molar refractivity (Wildman–Crippen MR) is 90.1 cm³/mol. The van der Waals surface area contributed by atoms with Gasteiger partial charge in [-0.15, -0.1) is 0 Å². The molecule has 2 aromatic carbocycles. The Labute approximate surface area is 139 Å². The normalized spacial score (nSPS) is 10.3. The molecule has 0 aliphatic rings. The maximum atomic E-state index is 11.3. The topological polar surface area (TPSA) is 67.2 Å². The van der Waals surface area contributed by atoms with Gasteiger partial charge in [-0.05, 0) is 40.2 Å². The van der Waals surface area contributed by atoms with Gasteiger partial charge in [0, 0.05) is 11.5 Å². The Hall–Kier alpha value is -1.50. The van der Waals surface area contributed by atoms with Crippen LogP contribution in [0.4, 0.5) is 22.7 Å². The van der Waals surface area contributed by atoms with E-state index in [9.17, 15) is 10.1 Å². The lowest BCUT2D eigenvalue weighted by Crippen LogP contribution is -2.01. The van der Waals surface area contributed by atoms with E-state index < -0.39 is 4.92 Å². The number of hydrogen-bond donors (Lipinski definition) is 2. The molecule has 5 nitrogen and oxygen atoms in total. The third-order valence-corrected chi connectivity index (χ3v) is 4.56. The van der Waals surface area contributed by atoms with Crippen molar-refractivity contribution in [2.24, 2.45) is 0 Å². The van der Waals surface area contributed by atoms with Gasteiger partial charge in [-0.3, -0.25) is 10.1 Å². The van der Waals surface area contributed by atoms with Crippen LogP contribution in [0.2, 0.25) is 10.0 Å².